The lowest BCUT2D eigenvalue weighted by Gasteiger charge is -2.15. The van der Waals surface area contributed by atoms with Crippen molar-refractivity contribution in [2.24, 2.45) is 0 Å². The predicted molar refractivity (Wildman–Crippen MR) is 86.4 cm³/mol. The Balaban J connectivity index is 1.99. The number of aromatic nitrogens is 4. The topological polar surface area (TPSA) is 55.2 Å². The number of benzene rings is 1. The number of alkyl halides is 3. The van der Waals surface area contributed by atoms with Crippen LogP contribution in [0.5, 0.6) is 5.75 Å². The molecule has 0 amide bonds. The van der Waals surface area contributed by atoms with Gasteiger partial charge in [-0.1, -0.05) is 0 Å². The van der Waals surface area contributed by atoms with Crippen molar-refractivity contribution in [3.8, 4) is 16.9 Å². The number of nitrogens with zero attached hydrogens (tertiary/aromatic N) is 3. The highest BCUT2D eigenvalue weighted by atomic mass is 19.4. The van der Waals surface area contributed by atoms with Crippen LogP contribution in [0, 0.1) is 19.7 Å². The maximum Gasteiger partial charge on any atom is 0.573 e. The lowest BCUT2D eigenvalue weighted by Crippen LogP contribution is -2.18. The van der Waals surface area contributed by atoms with Gasteiger partial charge < -0.3 is 4.74 Å². The van der Waals surface area contributed by atoms with Crippen LogP contribution in [-0.4, -0.2) is 26.2 Å². The molecule has 5 nitrogen and oxygen atoms in total. The molecule has 3 aromatic heterocycles. The molecule has 0 unspecified atom stereocenters. The van der Waals surface area contributed by atoms with Crippen LogP contribution in [-0.2, 0) is 0 Å². The molecule has 4 aromatic rings. The second-order valence-electron chi connectivity index (χ2n) is 5.92. The van der Waals surface area contributed by atoms with E-state index in [2.05, 4.69) is 20.0 Å². The van der Waals surface area contributed by atoms with E-state index >= 15 is 0 Å². The van der Waals surface area contributed by atoms with E-state index in [1.807, 2.05) is 13.0 Å². The molecule has 26 heavy (non-hydrogen) atoms. The van der Waals surface area contributed by atoms with Crippen molar-refractivity contribution in [1.82, 2.24) is 19.8 Å². The van der Waals surface area contributed by atoms with Gasteiger partial charge in [0.15, 0.2) is 11.6 Å². The van der Waals surface area contributed by atoms with Gasteiger partial charge in [0.05, 0.1) is 17.4 Å². The number of halogens is 4. The van der Waals surface area contributed by atoms with Crippen LogP contribution < -0.4 is 4.74 Å². The van der Waals surface area contributed by atoms with Gasteiger partial charge in [0.1, 0.15) is 5.52 Å². The number of aryl methyl sites for hydroxylation is 1. The fraction of sp³-hybridized carbons (Fsp3) is 0.176. The van der Waals surface area contributed by atoms with Gasteiger partial charge in [0, 0.05) is 11.6 Å². The van der Waals surface area contributed by atoms with E-state index in [9.17, 15) is 17.6 Å². The predicted octanol–water partition coefficient (Wildman–Crippen LogP) is 4.53. The van der Waals surface area contributed by atoms with Crippen LogP contribution in [0.4, 0.5) is 17.6 Å². The summed E-state index contributed by atoms with van der Waals surface area (Å²) >= 11 is 0. The number of hydrogen-bond donors (Lipinski definition) is 1. The first-order chi connectivity index (χ1) is 12.2. The minimum Gasteiger partial charge on any atom is -0.400 e. The number of H-pyrrole nitrogens is 1. The quantitative estimate of drug-likeness (QED) is 0.532. The lowest BCUT2D eigenvalue weighted by atomic mass is 9.96. The van der Waals surface area contributed by atoms with E-state index in [0.29, 0.717) is 16.5 Å². The molecule has 134 valence electrons. The summed E-state index contributed by atoms with van der Waals surface area (Å²) in [4.78, 5) is 0. The summed E-state index contributed by atoms with van der Waals surface area (Å²) in [6.07, 6.45) is -1.95. The average molecular weight is 364 g/mol. The number of pyridine rings is 1. The highest BCUT2D eigenvalue weighted by Gasteiger charge is 2.35. The molecular weight excluding hydrogens is 352 g/mol. The Kier molecular flexibility index (Phi) is 3.43. The minimum absolute atomic E-state index is 0.0405. The monoisotopic (exact) mass is 364 g/mol. The first-order valence-electron chi connectivity index (χ1n) is 7.62. The summed E-state index contributed by atoms with van der Waals surface area (Å²) in [7, 11) is 0. The first kappa shape index (κ1) is 16.4. The van der Waals surface area contributed by atoms with Crippen molar-refractivity contribution in [3.63, 3.8) is 0 Å². The van der Waals surface area contributed by atoms with Gasteiger partial charge in [-0.05, 0) is 48.7 Å². The summed E-state index contributed by atoms with van der Waals surface area (Å²) < 4.78 is 58.2. The molecule has 0 atom stereocenters. The average Bonchev–Trinajstić information content (AvgIpc) is 3.16. The van der Waals surface area contributed by atoms with Crippen molar-refractivity contribution >= 4 is 16.4 Å². The fourth-order valence-corrected chi connectivity index (χ4v) is 3.10. The van der Waals surface area contributed by atoms with E-state index in [1.54, 1.807) is 22.8 Å². The number of hydrogen-bond acceptors (Lipinski definition) is 3. The molecule has 3 heterocycles. The van der Waals surface area contributed by atoms with Crippen LogP contribution in [0.1, 0.15) is 11.3 Å². The Hall–Kier alpha value is -3.10. The third-order valence-electron chi connectivity index (χ3n) is 4.13. The van der Waals surface area contributed by atoms with E-state index < -0.39 is 17.9 Å². The van der Waals surface area contributed by atoms with Crippen molar-refractivity contribution in [1.29, 1.82) is 0 Å². The van der Waals surface area contributed by atoms with E-state index in [1.165, 1.54) is 13.1 Å². The van der Waals surface area contributed by atoms with Crippen molar-refractivity contribution in [2.75, 3.05) is 0 Å². The second-order valence-corrected chi connectivity index (χ2v) is 5.92. The third-order valence-corrected chi connectivity index (χ3v) is 4.13. The highest BCUT2D eigenvalue weighted by molar-refractivity contribution is 6.00. The van der Waals surface area contributed by atoms with Crippen LogP contribution in [0.15, 0.2) is 30.6 Å². The second kappa shape index (κ2) is 5.45. The molecule has 0 aliphatic heterocycles. The Morgan fingerprint density at radius 2 is 1.96 bits per heavy atom. The summed E-state index contributed by atoms with van der Waals surface area (Å²) in [5.74, 6) is -1.99. The molecule has 0 aliphatic rings. The Labute approximate surface area is 144 Å². The zero-order valence-electron chi connectivity index (χ0n) is 13.6. The largest absolute Gasteiger partial charge is 0.573 e. The molecule has 9 heteroatoms. The van der Waals surface area contributed by atoms with Crippen LogP contribution in [0.3, 0.4) is 0 Å². The molecular formula is C17H12F4N4O. The number of aromatic amines is 1. The van der Waals surface area contributed by atoms with Crippen molar-refractivity contribution in [2.45, 2.75) is 20.2 Å². The van der Waals surface area contributed by atoms with Gasteiger partial charge in [-0.2, -0.15) is 10.2 Å². The Bertz CT molecular complexity index is 1140. The molecule has 0 radical (unpaired) electrons. The summed E-state index contributed by atoms with van der Waals surface area (Å²) in [5.41, 5.74) is 2.57. The minimum atomic E-state index is -5.01. The summed E-state index contributed by atoms with van der Waals surface area (Å²) in [6, 6.07) is 5.36. The van der Waals surface area contributed by atoms with E-state index in [4.69, 9.17) is 0 Å². The van der Waals surface area contributed by atoms with Gasteiger partial charge in [-0.15, -0.1) is 13.2 Å². The smallest absolute Gasteiger partial charge is 0.400 e. The Morgan fingerprint density at radius 3 is 2.69 bits per heavy atom. The molecule has 1 aromatic carbocycles. The van der Waals surface area contributed by atoms with Gasteiger partial charge in [-0.25, -0.2) is 8.91 Å². The third kappa shape index (κ3) is 2.56. The number of ether oxygens (including phenoxy) is 1. The Morgan fingerprint density at radius 1 is 1.19 bits per heavy atom. The molecule has 0 saturated carbocycles. The lowest BCUT2D eigenvalue weighted by molar-refractivity contribution is -0.275. The molecule has 0 bridgehead atoms. The molecule has 0 aliphatic carbocycles. The van der Waals surface area contributed by atoms with Crippen molar-refractivity contribution < 1.29 is 22.3 Å². The normalized spacial score (nSPS) is 12.2. The fourth-order valence-electron chi connectivity index (χ4n) is 3.10. The van der Waals surface area contributed by atoms with Crippen LogP contribution in [0.25, 0.3) is 27.5 Å². The first-order valence-corrected chi connectivity index (χ1v) is 7.62. The molecule has 0 saturated heterocycles. The van der Waals surface area contributed by atoms with Crippen LogP contribution in [0.2, 0.25) is 0 Å². The molecule has 0 spiro atoms. The van der Waals surface area contributed by atoms with Crippen molar-refractivity contribution in [3.05, 3.63) is 47.7 Å². The number of fused-ring (bicyclic) bond motifs is 2. The molecule has 0 fully saturated rings. The number of rotatable bonds is 2. The zero-order chi connectivity index (χ0) is 18.6. The summed E-state index contributed by atoms with van der Waals surface area (Å²) in [5, 5.41) is 10.8. The van der Waals surface area contributed by atoms with E-state index in [0.717, 1.165) is 11.2 Å². The zero-order valence-corrected chi connectivity index (χ0v) is 13.6. The molecule has 1 N–H and O–H groups in total. The summed E-state index contributed by atoms with van der Waals surface area (Å²) in [6.45, 7) is 3.25. The van der Waals surface area contributed by atoms with Crippen LogP contribution >= 0.6 is 0 Å². The maximum atomic E-state index is 14.7. The maximum absolute atomic E-state index is 14.7. The molecule has 4 rings (SSSR count). The van der Waals surface area contributed by atoms with Gasteiger partial charge in [0.2, 0.25) is 0 Å². The van der Waals surface area contributed by atoms with Gasteiger partial charge in [-0.3, -0.25) is 5.10 Å². The highest BCUT2D eigenvalue weighted by Crippen LogP contribution is 2.41. The van der Waals surface area contributed by atoms with Gasteiger partial charge in [0.25, 0.3) is 0 Å². The standard InChI is InChI=1S/C17H12F4N4O/c1-8-5-11-6-10(3-4-25(11)24-8)13-9(2)14(18)16(26-17(19,20)21)15-12(13)7-22-23-15/h3-7H,1-2H3,(H,22,23). The SMILES string of the molecule is Cc1cc2cc(-c3c(C)c(F)c(OC(F)(F)F)c4[nH]ncc34)ccn2n1. The van der Waals surface area contributed by atoms with E-state index in [-0.39, 0.29) is 11.1 Å². The van der Waals surface area contributed by atoms with Gasteiger partial charge >= 0.3 is 6.36 Å². The number of nitrogens with one attached hydrogen (secondary N) is 1.